The lowest BCUT2D eigenvalue weighted by molar-refractivity contribution is -0.122. The number of aromatic nitrogens is 1. The molecule has 2 heterocycles. The zero-order valence-electron chi connectivity index (χ0n) is 13.5. The van der Waals surface area contributed by atoms with Crippen LogP contribution in [0.25, 0.3) is 0 Å². The Kier molecular flexibility index (Phi) is 5.31. The van der Waals surface area contributed by atoms with Gasteiger partial charge in [-0.2, -0.15) is 0 Å². The molecule has 1 atom stereocenters. The first kappa shape index (κ1) is 15.9. The maximum atomic E-state index is 12.1. The maximum absolute atomic E-state index is 12.1. The summed E-state index contributed by atoms with van der Waals surface area (Å²) in [5.74, 6) is 0.113. The SMILES string of the molecule is Cc1cc(C)c(CNC(=O)C[C@H]2CN(C)CCN2C)cn1. The van der Waals surface area contributed by atoms with E-state index >= 15 is 0 Å². The van der Waals surface area contributed by atoms with Gasteiger partial charge < -0.3 is 15.1 Å². The number of carbonyl (C=O) groups is 1. The van der Waals surface area contributed by atoms with Gasteiger partial charge in [-0.25, -0.2) is 0 Å². The summed E-state index contributed by atoms with van der Waals surface area (Å²) in [6, 6.07) is 2.35. The van der Waals surface area contributed by atoms with Crippen LogP contribution in [0.15, 0.2) is 12.3 Å². The van der Waals surface area contributed by atoms with Crippen LogP contribution in [-0.2, 0) is 11.3 Å². The molecule has 0 aliphatic carbocycles. The molecule has 1 N–H and O–H groups in total. The van der Waals surface area contributed by atoms with Crippen molar-refractivity contribution >= 4 is 5.91 Å². The number of carbonyl (C=O) groups excluding carboxylic acids is 1. The Hall–Kier alpha value is -1.46. The van der Waals surface area contributed by atoms with Crippen molar-refractivity contribution in [2.45, 2.75) is 32.9 Å². The molecule has 5 heteroatoms. The summed E-state index contributed by atoms with van der Waals surface area (Å²) in [6.07, 6.45) is 2.41. The highest BCUT2D eigenvalue weighted by Crippen LogP contribution is 2.10. The Labute approximate surface area is 127 Å². The lowest BCUT2D eigenvalue weighted by atomic mass is 10.1. The van der Waals surface area contributed by atoms with E-state index in [9.17, 15) is 4.79 Å². The van der Waals surface area contributed by atoms with Gasteiger partial charge in [0, 0.05) is 50.5 Å². The Balaban J connectivity index is 1.84. The largest absolute Gasteiger partial charge is 0.352 e. The summed E-state index contributed by atoms with van der Waals surface area (Å²) in [7, 11) is 4.21. The molecule has 2 rings (SSSR count). The minimum Gasteiger partial charge on any atom is -0.352 e. The molecule has 0 saturated carbocycles. The minimum atomic E-state index is 0.113. The van der Waals surface area contributed by atoms with E-state index in [0.29, 0.717) is 19.0 Å². The molecule has 116 valence electrons. The van der Waals surface area contributed by atoms with Crippen LogP contribution in [0.4, 0.5) is 0 Å². The fourth-order valence-electron chi connectivity index (χ4n) is 2.71. The van der Waals surface area contributed by atoms with Gasteiger partial charge in [-0.15, -0.1) is 0 Å². The number of aryl methyl sites for hydroxylation is 2. The average Bonchev–Trinajstić information content (AvgIpc) is 2.42. The van der Waals surface area contributed by atoms with Crippen LogP contribution in [0.3, 0.4) is 0 Å². The van der Waals surface area contributed by atoms with Gasteiger partial charge in [0.05, 0.1) is 0 Å². The molecule has 0 radical (unpaired) electrons. The lowest BCUT2D eigenvalue weighted by Crippen LogP contribution is -2.51. The second-order valence-electron chi connectivity index (χ2n) is 6.13. The first-order valence-corrected chi connectivity index (χ1v) is 7.53. The van der Waals surface area contributed by atoms with E-state index in [-0.39, 0.29) is 5.91 Å². The summed E-state index contributed by atoms with van der Waals surface area (Å²) in [5, 5.41) is 3.02. The fraction of sp³-hybridized carbons (Fsp3) is 0.625. The van der Waals surface area contributed by atoms with E-state index in [4.69, 9.17) is 0 Å². The smallest absolute Gasteiger partial charge is 0.221 e. The Morgan fingerprint density at radius 2 is 2.14 bits per heavy atom. The van der Waals surface area contributed by atoms with Crippen molar-refractivity contribution in [2.75, 3.05) is 33.7 Å². The lowest BCUT2D eigenvalue weighted by Gasteiger charge is -2.37. The fourth-order valence-corrected chi connectivity index (χ4v) is 2.71. The predicted molar refractivity (Wildman–Crippen MR) is 84.1 cm³/mol. The molecular formula is C16H26N4O. The van der Waals surface area contributed by atoms with Gasteiger partial charge in [0.2, 0.25) is 5.91 Å². The molecule has 1 amide bonds. The van der Waals surface area contributed by atoms with Gasteiger partial charge in [0.1, 0.15) is 0 Å². The number of hydrogen-bond acceptors (Lipinski definition) is 4. The summed E-state index contributed by atoms with van der Waals surface area (Å²) >= 11 is 0. The second kappa shape index (κ2) is 7.00. The highest BCUT2D eigenvalue weighted by Gasteiger charge is 2.24. The van der Waals surface area contributed by atoms with Gasteiger partial charge in [-0.1, -0.05) is 0 Å². The van der Waals surface area contributed by atoms with Crippen molar-refractivity contribution in [3.05, 3.63) is 29.1 Å². The predicted octanol–water partition coefficient (Wildman–Crippen LogP) is 0.951. The number of pyridine rings is 1. The molecule has 1 saturated heterocycles. The van der Waals surface area contributed by atoms with Crippen LogP contribution >= 0.6 is 0 Å². The van der Waals surface area contributed by atoms with E-state index in [2.05, 4.69) is 41.1 Å². The maximum Gasteiger partial charge on any atom is 0.221 e. The van der Waals surface area contributed by atoms with E-state index in [0.717, 1.165) is 30.9 Å². The zero-order chi connectivity index (χ0) is 15.4. The first-order valence-electron chi connectivity index (χ1n) is 7.53. The van der Waals surface area contributed by atoms with E-state index < -0.39 is 0 Å². The summed E-state index contributed by atoms with van der Waals surface area (Å²) < 4.78 is 0. The van der Waals surface area contributed by atoms with E-state index in [1.54, 1.807) is 0 Å². The Bertz CT molecular complexity index is 503. The van der Waals surface area contributed by atoms with Crippen LogP contribution in [0.5, 0.6) is 0 Å². The third kappa shape index (κ3) is 4.51. The van der Waals surface area contributed by atoms with Gasteiger partial charge in [-0.05, 0) is 45.1 Å². The molecule has 1 aromatic rings. The molecule has 1 aromatic heterocycles. The molecule has 1 aliphatic heterocycles. The van der Waals surface area contributed by atoms with Gasteiger partial charge in [-0.3, -0.25) is 9.78 Å². The van der Waals surface area contributed by atoms with Crippen LogP contribution in [0.2, 0.25) is 0 Å². The molecule has 0 bridgehead atoms. The van der Waals surface area contributed by atoms with Gasteiger partial charge >= 0.3 is 0 Å². The monoisotopic (exact) mass is 290 g/mol. The first-order chi connectivity index (χ1) is 9.95. The molecule has 0 spiro atoms. The quantitative estimate of drug-likeness (QED) is 0.897. The number of nitrogens with one attached hydrogen (secondary N) is 1. The van der Waals surface area contributed by atoms with Crippen LogP contribution < -0.4 is 5.32 Å². The van der Waals surface area contributed by atoms with E-state index in [1.807, 2.05) is 19.2 Å². The van der Waals surface area contributed by atoms with Crippen molar-refractivity contribution in [2.24, 2.45) is 0 Å². The molecule has 0 aromatic carbocycles. The molecular weight excluding hydrogens is 264 g/mol. The van der Waals surface area contributed by atoms with Crippen LogP contribution in [0.1, 0.15) is 23.2 Å². The number of piperazine rings is 1. The number of likely N-dealkylation sites (N-methyl/N-ethyl adjacent to an activating group) is 2. The van der Waals surface area contributed by atoms with Gasteiger partial charge in [0.25, 0.3) is 0 Å². The number of amides is 1. The Morgan fingerprint density at radius 3 is 2.86 bits per heavy atom. The summed E-state index contributed by atoms with van der Waals surface area (Å²) in [4.78, 5) is 21.0. The van der Waals surface area contributed by atoms with Crippen molar-refractivity contribution in [1.29, 1.82) is 0 Å². The van der Waals surface area contributed by atoms with E-state index in [1.165, 1.54) is 5.56 Å². The number of nitrogens with zero attached hydrogens (tertiary/aromatic N) is 3. The highest BCUT2D eigenvalue weighted by atomic mass is 16.1. The second-order valence-corrected chi connectivity index (χ2v) is 6.13. The number of hydrogen-bond donors (Lipinski definition) is 1. The summed E-state index contributed by atoms with van der Waals surface area (Å²) in [5.41, 5.74) is 3.27. The normalized spacial score (nSPS) is 20.5. The van der Waals surface area contributed by atoms with Crippen molar-refractivity contribution in [3.63, 3.8) is 0 Å². The van der Waals surface area contributed by atoms with Crippen molar-refractivity contribution in [3.8, 4) is 0 Å². The highest BCUT2D eigenvalue weighted by molar-refractivity contribution is 5.76. The molecule has 1 aliphatic rings. The minimum absolute atomic E-state index is 0.113. The molecule has 1 fully saturated rings. The number of rotatable bonds is 4. The van der Waals surface area contributed by atoms with Crippen LogP contribution in [-0.4, -0.2) is 60.5 Å². The third-order valence-corrected chi connectivity index (χ3v) is 4.23. The van der Waals surface area contributed by atoms with Crippen LogP contribution in [0, 0.1) is 13.8 Å². The standard InChI is InChI=1S/C16H26N4O/c1-12-7-13(2)17-9-14(12)10-18-16(21)8-15-11-19(3)5-6-20(15)4/h7,9,15H,5-6,8,10-11H2,1-4H3,(H,18,21)/t15-/m0/s1. The topological polar surface area (TPSA) is 48.5 Å². The zero-order valence-corrected chi connectivity index (χ0v) is 13.5. The summed E-state index contributed by atoms with van der Waals surface area (Å²) in [6.45, 7) is 7.64. The van der Waals surface area contributed by atoms with Gasteiger partial charge in [0.15, 0.2) is 0 Å². The van der Waals surface area contributed by atoms with Crippen molar-refractivity contribution in [1.82, 2.24) is 20.1 Å². The third-order valence-electron chi connectivity index (χ3n) is 4.23. The average molecular weight is 290 g/mol. The molecule has 5 nitrogen and oxygen atoms in total. The Morgan fingerprint density at radius 1 is 1.38 bits per heavy atom. The van der Waals surface area contributed by atoms with Crippen molar-refractivity contribution < 1.29 is 4.79 Å². The molecule has 0 unspecified atom stereocenters. The molecule has 21 heavy (non-hydrogen) atoms.